The van der Waals surface area contributed by atoms with E-state index in [1.54, 1.807) is 19.3 Å². The summed E-state index contributed by atoms with van der Waals surface area (Å²) >= 11 is 0. The van der Waals surface area contributed by atoms with Gasteiger partial charge in [0.25, 0.3) is 11.5 Å². The van der Waals surface area contributed by atoms with Crippen molar-refractivity contribution in [1.29, 1.82) is 0 Å². The molecule has 2 aromatic carbocycles. The van der Waals surface area contributed by atoms with Crippen molar-refractivity contribution in [2.24, 2.45) is 7.05 Å². The number of piperidine rings is 1. The molecule has 11 heteroatoms. The standard InChI is InChI=1S/C33H36N4O6.H2S/c1-35-18-8-12-26(30(35)41)29(40)34-23-15-19-37(20-16-23)31(42)25-14-17-33(22-9-4-3-5-10-22,27-13-7-6-11-24(25)27)32(43)36(2)21-28(38)39;/h3-13,18,23,25H,14-17,19-21H2,1-2H3,(H,34,40)(H,38,39);1H2/t25-,33+;/m0./s1. The molecule has 0 radical (unpaired) electrons. The van der Waals surface area contributed by atoms with Crippen molar-refractivity contribution in [2.45, 2.75) is 43.1 Å². The Bertz CT molecular complexity index is 1600. The van der Waals surface area contributed by atoms with Crippen molar-refractivity contribution in [3.8, 4) is 0 Å². The second-order valence-corrected chi connectivity index (χ2v) is 11.4. The molecule has 232 valence electrons. The van der Waals surface area contributed by atoms with E-state index >= 15 is 0 Å². The van der Waals surface area contributed by atoms with Gasteiger partial charge in [-0.15, -0.1) is 0 Å². The molecule has 2 N–H and O–H groups in total. The summed E-state index contributed by atoms with van der Waals surface area (Å²) in [7, 11) is 3.10. The van der Waals surface area contributed by atoms with E-state index in [1.165, 1.54) is 22.6 Å². The highest BCUT2D eigenvalue weighted by Gasteiger charge is 2.50. The minimum absolute atomic E-state index is 0. The highest BCUT2D eigenvalue weighted by Crippen LogP contribution is 2.48. The molecule has 5 rings (SSSR count). The molecule has 10 nitrogen and oxygen atoms in total. The minimum Gasteiger partial charge on any atom is -0.480 e. The highest BCUT2D eigenvalue weighted by atomic mass is 32.1. The number of aliphatic carboxylic acids is 1. The number of pyridine rings is 1. The Kier molecular flexibility index (Phi) is 9.98. The molecule has 1 fully saturated rings. The van der Waals surface area contributed by atoms with Crippen LogP contribution >= 0.6 is 13.5 Å². The second kappa shape index (κ2) is 13.5. The number of nitrogens with zero attached hydrogens (tertiary/aromatic N) is 3. The lowest BCUT2D eigenvalue weighted by Crippen LogP contribution is -2.52. The molecular formula is C33H38N4O6S. The Morgan fingerprint density at radius 1 is 0.955 bits per heavy atom. The van der Waals surface area contributed by atoms with Crippen LogP contribution in [0.3, 0.4) is 0 Å². The fourth-order valence-corrected chi connectivity index (χ4v) is 6.56. The maximum Gasteiger partial charge on any atom is 0.323 e. The first-order chi connectivity index (χ1) is 20.6. The van der Waals surface area contributed by atoms with Gasteiger partial charge >= 0.3 is 5.97 Å². The lowest BCUT2D eigenvalue weighted by Gasteiger charge is -2.44. The van der Waals surface area contributed by atoms with Gasteiger partial charge in [-0.3, -0.25) is 24.0 Å². The number of hydrogen-bond acceptors (Lipinski definition) is 5. The van der Waals surface area contributed by atoms with Crippen molar-refractivity contribution < 1.29 is 24.3 Å². The van der Waals surface area contributed by atoms with Crippen molar-refractivity contribution >= 4 is 37.2 Å². The van der Waals surface area contributed by atoms with Crippen LogP contribution in [0.2, 0.25) is 0 Å². The van der Waals surface area contributed by atoms with Gasteiger partial charge < -0.3 is 24.8 Å². The summed E-state index contributed by atoms with van der Waals surface area (Å²) in [6.45, 7) is 0.487. The first kappa shape index (κ1) is 32.5. The Labute approximate surface area is 263 Å². The van der Waals surface area contributed by atoms with Gasteiger partial charge in [0.15, 0.2) is 0 Å². The van der Waals surface area contributed by atoms with Crippen LogP contribution < -0.4 is 10.9 Å². The van der Waals surface area contributed by atoms with Crippen molar-refractivity contribution in [3.05, 3.63) is 106 Å². The Balaban J connectivity index is 0.00000442. The number of aromatic nitrogens is 1. The van der Waals surface area contributed by atoms with E-state index in [2.05, 4.69) is 5.32 Å². The number of benzene rings is 2. The number of carboxylic acid groups (broad SMARTS) is 1. The minimum atomic E-state index is -1.12. The molecule has 0 spiro atoms. The van der Waals surface area contributed by atoms with Crippen LogP contribution in [0.1, 0.15) is 58.6 Å². The maximum atomic E-state index is 14.1. The number of likely N-dealkylation sites (N-methyl/N-ethyl adjacent to an activating group) is 1. The van der Waals surface area contributed by atoms with E-state index in [-0.39, 0.29) is 42.5 Å². The molecule has 0 bridgehead atoms. The molecule has 0 saturated carbocycles. The molecule has 2 atom stereocenters. The molecule has 0 unspecified atom stereocenters. The third-order valence-electron chi connectivity index (χ3n) is 8.76. The Hall–Kier alpha value is -4.38. The van der Waals surface area contributed by atoms with Gasteiger partial charge in [0.2, 0.25) is 11.8 Å². The molecular weight excluding hydrogens is 580 g/mol. The quantitative estimate of drug-likeness (QED) is 0.419. The summed E-state index contributed by atoms with van der Waals surface area (Å²) in [6.07, 6.45) is 3.49. The van der Waals surface area contributed by atoms with E-state index in [0.717, 1.165) is 16.7 Å². The first-order valence-corrected chi connectivity index (χ1v) is 14.5. The number of carboxylic acids is 1. The van der Waals surface area contributed by atoms with Gasteiger partial charge in [0.05, 0.1) is 11.3 Å². The van der Waals surface area contributed by atoms with Gasteiger partial charge in [-0.1, -0.05) is 54.6 Å². The number of amides is 3. The number of aryl methyl sites for hydroxylation is 1. The lowest BCUT2D eigenvalue weighted by atomic mass is 9.62. The predicted molar refractivity (Wildman–Crippen MR) is 170 cm³/mol. The number of carbonyl (C=O) groups excluding carboxylic acids is 3. The van der Waals surface area contributed by atoms with E-state index in [1.807, 2.05) is 59.5 Å². The topological polar surface area (TPSA) is 129 Å². The average molecular weight is 619 g/mol. The normalized spacial score (nSPS) is 19.7. The monoisotopic (exact) mass is 618 g/mol. The summed E-state index contributed by atoms with van der Waals surface area (Å²) < 4.78 is 1.36. The van der Waals surface area contributed by atoms with Crippen molar-refractivity contribution in [2.75, 3.05) is 26.7 Å². The van der Waals surface area contributed by atoms with Crippen LogP contribution in [-0.2, 0) is 26.8 Å². The lowest BCUT2D eigenvalue weighted by molar-refractivity contribution is -0.145. The molecule has 2 aliphatic rings. The van der Waals surface area contributed by atoms with Crippen LogP contribution in [0, 0.1) is 0 Å². The largest absolute Gasteiger partial charge is 0.480 e. The van der Waals surface area contributed by atoms with Crippen molar-refractivity contribution in [3.63, 3.8) is 0 Å². The second-order valence-electron chi connectivity index (χ2n) is 11.4. The predicted octanol–water partition coefficient (Wildman–Crippen LogP) is 2.63. The summed E-state index contributed by atoms with van der Waals surface area (Å²) in [6, 6.07) is 19.9. The van der Waals surface area contributed by atoms with Gasteiger partial charge in [0, 0.05) is 39.4 Å². The fourth-order valence-electron chi connectivity index (χ4n) is 6.56. The van der Waals surface area contributed by atoms with E-state index in [4.69, 9.17) is 0 Å². The number of fused-ring (bicyclic) bond motifs is 1. The number of carbonyl (C=O) groups is 4. The summed E-state index contributed by atoms with van der Waals surface area (Å²) in [5.41, 5.74) is 0.871. The van der Waals surface area contributed by atoms with Crippen LogP contribution in [0.25, 0.3) is 0 Å². The Morgan fingerprint density at radius 3 is 2.30 bits per heavy atom. The number of hydrogen-bond donors (Lipinski definition) is 2. The number of rotatable bonds is 7. The van der Waals surface area contributed by atoms with E-state index in [0.29, 0.717) is 38.8 Å². The van der Waals surface area contributed by atoms with Crippen molar-refractivity contribution in [1.82, 2.24) is 19.7 Å². The number of nitrogens with one attached hydrogen (secondary N) is 1. The zero-order valence-corrected chi connectivity index (χ0v) is 25.9. The molecule has 1 saturated heterocycles. The van der Waals surface area contributed by atoms with Gasteiger partial charge in [-0.25, -0.2) is 0 Å². The molecule has 1 aliphatic carbocycles. The van der Waals surface area contributed by atoms with E-state index < -0.39 is 29.8 Å². The summed E-state index contributed by atoms with van der Waals surface area (Å²) in [5.74, 6) is -2.31. The highest BCUT2D eigenvalue weighted by molar-refractivity contribution is 7.59. The molecule has 3 amide bonds. The summed E-state index contributed by atoms with van der Waals surface area (Å²) in [4.78, 5) is 67.7. The average Bonchev–Trinajstić information content (AvgIpc) is 3.01. The zero-order chi connectivity index (χ0) is 30.7. The van der Waals surface area contributed by atoms with Crippen LogP contribution in [-0.4, -0.2) is 75.9 Å². The molecule has 1 aliphatic heterocycles. The van der Waals surface area contributed by atoms with E-state index in [9.17, 15) is 29.1 Å². The third kappa shape index (κ3) is 6.14. The van der Waals surface area contributed by atoms with Crippen LogP contribution in [0.5, 0.6) is 0 Å². The third-order valence-corrected chi connectivity index (χ3v) is 8.76. The van der Waals surface area contributed by atoms with Gasteiger partial charge in [-0.2, -0.15) is 13.5 Å². The zero-order valence-electron chi connectivity index (χ0n) is 24.9. The summed E-state index contributed by atoms with van der Waals surface area (Å²) in [5, 5.41) is 12.4. The molecule has 3 aromatic rings. The number of likely N-dealkylation sites (tertiary alicyclic amines) is 1. The van der Waals surface area contributed by atoms with Crippen LogP contribution in [0.4, 0.5) is 0 Å². The molecule has 2 heterocycles. The Morgan fingerprint density at radius 2 is 1.61 bits per heavy atom. The maximum absolute atomic E-state index is 14.1. The fraction of sp³-hybridized carbons (Fsp3) is 0.364. The molecule has 1 aromatic heterocycles. The SMILES string of the molecule is CN(CC(=O)O)C(=O)[C@@]1(c2ccccc2)CC[C@H](C(=O)N2CCC(NC(=O)c3cccn(C)c3=O)CC2)c2ccccc21.S. The molecule has 44 heavy (non-hydrogen) atoms. The van der Waals surface area contributed by atoms with Crippen LogP contribution in [0.15, 0.2) is 77.7 Å². The van der Waals surface area contributed by atoms with Gasteiger partial charge in [0.1, 0.15) is 12.1 Å². The van der Waals surface area contributed by atoms with Gasteiger partial charge in [-0.05, 0) is 54.5 Å². The first-order valence-electron chi connectivity index (χ1n) is 14.5. The smallest absolute Gasteiger partial charge is 0.323 e.